The van der Waals surface area contributed by atoms with Crippen molar-refractivity contribution >= 4 is 17.7 Å². The fourth-order valence-corrected chi connectivity index (χ4v) is 1.04. The summed E-state index contributed by atoms with van der Waals surface area (Å²) >= 11 is 5.34. The molecule has 0 aliphatic heterocycles. The molecular formula is C9H18ClNO3. The molecule has 0 aromatic rings. The van der Waals surface area contributed by atoms with E-state index < -0.39 is 6.09 Å². The van der Waals surface area contributed by atoms with Crippen LogP contribution in [-0.4, -0.2) is 36.8 Å². The third-order valence-electron chi connectivity index (χ3n) is 1.66. The number of ether oxygens (including phenoxy) is 1. The van der Waals surface area contributed by atoms with Crippen LogP contribution in [0.4, 0.5) is 4.79 Å². The summed E-state index contributed by atoms with van der Waals surface area (Å²) in [5.74, 6) is 0.323. The molecule has 5 heteroatoms. The van der Waals surface area contributed by atoms with E-state index in [1.807, 2.05) is 0 Å². The highest BCUT2D eigenvalue weighted by Crippen LogP contribution is 1.97. The largest absolute Gasteiger partial charge is 0.448 e. The summed E-state index contributed by atoms with van der Waals surface area (Å²) in [6.45, 7) is 1.11. The molecule has 0 heterocycles. The molecular weight excluding hydrogens is 206 g/mol. The van der Waals surface area contributed by atoms with Crippen LogP contribution < -0.4 is 5.32 Å². The number of aliphatic hydroxyl groups is 1. The molecule has 0 unspecified atom stereocenters. The van der Waals surface area contributed by atoms with Crippen molar-refractivity contribution in [2.45, 2.75) is 25.7 Å². The minimum atomic E-state index is -0.409. The first-order chi connectivity index (χ1) is 6.81. The van der Waals surface area contributed by atoms with Gasteiger partial charge in [-0.2, -0.15) is 0 Å². The standard InChI is InChI=1S/C9H18ClNO3/c10-5-8-14-9(13)11-6-3-1-2-4-7-12/h12H,1-8H2,(H,11,13). The zero-order valence-corrected chi connectivity index (χ0v) is 9.05. The summed E-state index contributed by atoms with van der Waals surface area (Å²) in [5, 5.41) is 11.1. The Morgan fingerprint density at radius 1 is 1.29 bits per heavy atom. The number of hydrogen-bond donors (Lipinski definition) is 2. The second-order valence-corrected chi connectivity index (χ2v) is 3.27. The van der Waals surface area contributed by atoms with E-state index in [4.69, 9.17) is 21.4 Å². The molecule has 0 atom stereocenters. The van der Waals surface area contributed by atoms with Crippen molar-refractivity contribution in [2.24, 2.45) is 0 Å². The predicted octanol–water partition coefficient (Wildman–Crippen LogP) is 1.50. The van der Waals surface area contributed by atoms with Crippen molar-refractivity contribution in [1.29, 1.82) is 0 Å². The lowest BCUT2D eigenvalue weighted by Crippen LogP contribution is -2.25. The smallest absolute Gasteiger partial charge is 0.407 e. The zero-order chi connectivity index (χ0) is 10.6. The number of unbranched alkanes of at least 4 members (excludes halogenated alkanes) is 3. The fourth-order valence-electron chi connectivity index (χ4n) is 0.963. The summed E-state index contributed by atoms with van der Waals surface area (Å²) in [5.41, 5.74) is 0. The zero-order valence-electron chi connectivity index (χ0n) is 8.30. The Labute approximate surface area is 89.6 Å². The number of halogens is 1. The highest BCUT2D eigenvalue weighted by atomic mass is 35.5. The van der Waals surface area contributed by atoms with Crippen LogP contribution in [0.5, 0.6) is 0 Å². The van der Waals surface area contributed by atoms with Gasteiger partial charge in [0.25, 0.3) is 0 Å². The first-order valence-corrected chi connectivity index (χ1v) is 5.42. The van der Waals surface area contributed by atoms with Crippen LogP contribution in [-0.2, 0) is 4.74 Å². The lowest BCUT2D eigenvalue weighted by Gasteiger charge is -2.04. The summed E-state index contributed by atoms with van der Waals surface area (Å²) in [4.78, 5) is 10.9. The SMILES string of the molecule is O=C(NCCCCCCO)OCCCl. The number of carbonyl (C=O) groups excluding carboxylic acids is 1. The maximum atomic E-state index is 10.9. The number of carbonyl (C=O) groups is 1. The lowest BCUT2D eigenvalue weighted by atomic mass is 10.2. The number of rotatable bonds is 8. The average Bonchev–Trinajstić information content (AvgIpc) is 2.20. The Balaban J connectivity index is 3.07. The van der Waals surface area contributed by atoms with Crippen LogP contribution >= 0.6 is 11.6 Å². The van der Waals surface area contributed by atoms with Gasteiger partial charge in [0.1, 0.15) is 6.61 Å². The van der Waals surface area contributed by atoms with Crippen LogP contribution in [0.2, 0.25) is 0 Å². The van der Waals surface area contributed by atoms with Gasteiger partial charge in [-0.1, -0.05) is 12.8 Å². The van der Waals surface area contributed by atoms with Crippen LogP contribution in [0.25, 0.3) is 0 Å². The second kappa shape index (κ2) is 10.6. The van der Waals surface area contributed by atoms with Gasteiger partial charge in [-0.05, 0) is 12.8 Å². The van der Waals surface area contributed by atoms with Crippen molar-refractivity contribution in [2.75, 3.05) is 25.6 Å². The molecule has 0 spiro atoms. The molecule has 0 bridgehead atoms. The van der Waals surface area contributed by atoms with Crippen LogP contribution in [0.1, 0.15) is 25.7 Å². The van der Waals surface area contributed by atoms with E-state index in [0.717, 1.165) is 25.7 Å². The van der Waals surface area contributed by atoms with Gasteiger partial charge in [0, 0.05) is 13.2 Å². The third-order valence-corrected chi connectivity index (χ3v) is 1.82. The Bertz CT molecular complexity index is 144. The number of hydrogen-bond acceptors (Lipinski definition) is 3. The van der Waals surface area contributed by atoms with Gasteiger partial charge in [-0.15, -0.1) is 11.6 Å². The van der Waals surface area contributed by atoms with E-state index in [2.05, 4.69) is 5.32 Å². The van der Waals surface area contributed by atoms with Crippen molar-refractivity contribution < 1.29 is 14.6 Å². The topological polar surface area (TPSA) is 58.6 Å². The highest BCUT2D eigenvalue weighted by Gasteiger charge is 1.98. The van der Waals surface area contributed by atoms with Gasteiger partial charge >= 0.3 is 6.09 Å². The van der Waals surface area contributed by atoms with Crippen molar-refractivity contribution in [3.05, 3.63) is 0 Å². The molecule has 0 aromatic heterocycles. The van der Waals surface area contributed by atoms with Gasteiger partial charge in [-0.25, -0.2) is 4.79 Å². The maximum absolute atomic E-state index is 10.9. The van der Waals surface area contributed by atoms with Gasteiger partial charge in [0.2, 0.25) is 0 Å². The molecule has 0 radical (unpaired) electrons. The Hall–Kier alpha value is -0.480. The predicted molar refractivity (Wildman–Crippen MR) is 55.6 cm³/mol. The number of alkyl carbamates (subject to hydrolysis) is 1. The molecule has 0 saturated carbocycles. The monoisotopic (exact) mass is 223 g/mol. The minimum absolute atomic E-state index is 0.241. The molecule has 14 heavy (non-hydrogen) atoms. The van der Waals surface area contributed by atoms with E-state index in [9.17, 15) is 4.79 Å². The molecule has 0 aromatic carbocycles. The van der Waals surface area contributed by atoms with Crippen molar-refractivity contribution in [3.8, 4) is 0 Å². The number of amides is 1. The minimum Gasteiger partial charge on any atom is -0.448 e. The molecule has 0 fully saturated rings. The third kappa shape index (κ3) is 9.61. The van der Waals surface area contributed by atoms with Crippen molar-refractivity contribution in [1.82, 2.24) is 5.32 Å². The summed E-state index contributed by atoms with van der Waals surface area (Å²) in [7, 11) is 0. The maximum Gasteiger partial charge on any atom is 0.407 e. The van der Waals surface area contributed by atoms with Crippen LogP contribution in [0.15, 0.2) is 0 Å². The van der Waals surface area contributed by atoms with E-state index in [1.54, 1.807) is 0 Å². The quantitative estimate of drug-likeness (QED) is 0.484. The highest BCUT2D eigenvalue weighted by molar-refractivity contribution is 6.18. The van der Waals surface area contributed by atoms with E-state index in [0.29, 0.717) is 12.4 Å². The summed E-state index contributed by atoms with van der Waals surface area (Å²) in [6.07, 6.45) is 3.34. The van der Waals surface area contributed by atoms with Gasteiger partial charge in [-0.3, -0.25) is 0 Å². The van der Waals surface area contributed by atoms with Crippen LogP contribution in [0, 0.1) is 0 Å². The van der Waals surface area contributed by atoms with Gasteiger partial charge in [0.05, 0.1) is 5.88 Å². The second-order valence-electron chi connectivity index (χ2n) is 2.89. The molecule has 1 amide bonds. The Morgan fingerprint density at radius 2 is 2.00 bits per heavy atom. The Kier molecular flexibility index (Phi) is 10.2. The molecule has 0 aliphatic carbocycles. The van der Waals surface area contributed by atoms with E-state index in [1.165, 1.54) is 0 Å². The number of alkyl halides is 1. The fraction of sp³-hybridized carbons (Fsp3) is 0.889. The van der Waals surface area contributed by atoms with E-state index >= 15 is 0 Å². The van der Waals surface area contributed by atoms with Crippen LogP contribution in [0.3, 0.4) is 0 Å². The molecule has 4 nitrogen and oxygen atoms in total. The van der Waals surface area contributed by atoms with Gasteiger partial charge < -0.3 is 15.2 Å². The molecule has 84 valence electrons. The lowest BCUT2D eigenvalue weighted by molar-refractivity contribution is 0.152. The van der Waals surface area contributed by atoms with Gasteiger partial charge in [0.15, 0.2) is 0 Å². The average molecular weight is 224 g/mol. The Morgan fingerprint density at radius 3 is 2.64 bits per heavy atom. The van der Waals surface area contributed by atoms with Crippen molar-refractivity contribution in [3.63, 3.8) is 0 Å². The molecule has 0 rings (SSSR count). The number of aliphatic hydroxyl groups excluding tert-OH is 1. The normalized spacial score (nSPS) is 9.86. The molecule has 0 aliphatic rings. The summed E-state index contributed by atoms with van der Waals surface area (Å²) < 4.78 is 4.70. The first-order valence-electron chi connectivity index (χ1n) is 4.88. The summed E-state index contributed by atoms with van der Waals surface area (Å²) in [6, 6.07) is 0. The first kappa shape index (κ1) is 13.5. The number of nitrogens with one attached hydrogen (secondary N) is 1. The van der Waals surface area contributed by atoms with E-state index in [-0.39, 0.29) is 13.2 Å². The molecule has 2 N–H and O–H groups in total. The molecule has 0 saturated heterocycles.